The van der Waals surface area contributed by atoms with E-state index in [2.05, 4.69) is 11.1 Å². The van der Waals surface area contributed by atoms with Crippen LogP contribution in [0, 0.1) is 0 Å². The van der Waals surface area contributed by atoms with Gasteiger partial charge in [0.15, 0.2) is 0 Å². The molecule has 0 spiro atoms. The maximum absolute atomic E-state index is 10.2. The molecule has 0 unspecified atom stereocenters. The molecule has 0 aliphatic rings. The van der Waals surface area contributed by atoms with E-state index in [9.17, 15) is 4.79 Å². The van der Waals surface area contributed by atoms with Crippen molar-refractivity contribution in [3.63, 3.8) is 0 Å². The first kappa shape index (κ1) is 11.2. The van der Waals surface area contributed by atoms with E-state index < -0.39 is 0 Å². The van der Waals surface area contributed by atoms with E-state index in [1.807, 2.05) is 0 Å². The largest absolute Gasteiger partial charge is 0.359 e. The van der Waals surface area contributed by atoms with E-state index in [1.54, 1.807) is 7.05 Å². The summed E-state index contributed by atoms with van der Waals surface area (Å²) in [6.45, 7) is 0.430. The third kappa shape index (κ3) is 11.1. The van der Waals surface area contributed by atoms with Gasteiger partial charge in [-0.2, -0.15) is 0 Å². The van der Waals surface area contributed by atoms with Gasteiger partial charge in [0.05, 0.1) is 0 Å². The molecule has 0 aromatic carbocycles. The zero-order valence-corrected chi connectivity index (χ0v) is 5.98. The van der Waals surface area contributed by atoms with Gasteiger partial charge >= 0.3 is 0 Å². The van der Waals surface area contributed by atoms with Gasteiger partial charge in [0, 0.05) is 20.0 Å². The fraction of sp³-hybridized carbons (Fsp3) is 0.800. The number of nitrogens with one attached hydrogen (secondary N) is 1. The monoisotopic (exact) mass is 133 g/mol. The normalized spacial score (nSPS) is 7.11. The van der Waals surface area contributed by atoms with E-state index >= 15 is 0 Å². The zero-order chi connectivity index (χ0) is 7.70. The van der Waals surface area contributed by atoms with Crippen LogP contribution < -0.4 is 16.8 Å². The van der Waals surface area contributed by atoms with Gasteiger partial charge in [0.2, 0.25) is 5.91 Å². The van der Waals surface area contributed by atoms with Gasteiger partial charge in [0.25, 0.3) is 0 Å². The van der Waals surface area contributed by atoms with Crippen molar-refractivity contribution in [1.29, 1.82) is 0 Å². The molecular weight excluding hydrogens is 118 g/mol. The summed E-state index contributed by atoms with van der Waals surface area (Å²) in [5.74, 6) is 0.00231. The summed E-state index contributed by atoms with van der Waals surface area (Å²) in [6.07, 6.45) is 0.427. The molecule has 0 bridgehead atoms. The molecule has 0 heterocycles. The summed E-state index contributed by atoms with van der Waals surface area (Å²) in [4.78, 5) is 10.2. The lowest BCUT2D eigenvalue weighted by Gasteiger charge is -1.91. The highest BCUT2D eigenvalue weighted by molar-refractivity contribution is 5.75. The standard InChI is InChI=1S/C4H10N2O.CH5N/c1-6-4(7)2-3-5;1-2/h2-3,5H2,1H3,(H,6,7);2H2,1H3. The van der Waals surface area contributed by atoms with Crippen LogP contribution in [-0.2, 0) is 4.79 Å². The number of amides is 1. The van der Waals surface area contributed by atoms with E-state index in [4.69, 9.17) is 5.73 Å². The molecule has 56 valence electrons. The molecule has 5 N–H and O–H groups in total. The van der Waals surface area contributed by atoms with E-state index in [-0.39, 0.29) is 5.91 Å². The lowest BCUT2D eigenvalue weighted by atomic mass is 10.4. The number of rotatable bonds is 2. The first-order valence-corrected chi connectivity index (χ1v) is 2.79. The Hall–Kier alpha value is -0.610. The van der Waals surface area contributed by atoms with Crippen molar-refractivity contribution in [2.75, 3.05) is 20.6 Å². The van der Waals surface area contributed by atoms with Gasteiger partial charge in [-0.1, -0.05) is 0 Å². The Morgan fingerprint density at radius 1 is 1.56 bits per heavy atom. The van der Waals surface area contributed by atoms with E-state index in [0.29, 0.717) is 13.0 Å². The number of carbonyl (C=O) groups excluding carboxylic acids is 1. The molecular formula is C5H15N3O. The van der Waals surface area contributed by atoms with Crippen molar-refractivity contribution in [3.8, 4) is 0 Å². The Labute approximate surface area is 55.6 Å². The number of nitrogens with two attached hydrogens (primary N) is 2. The van der Waals surface area contributed by atoms with Gasteiger partial charge < -0.3 is 16.8 Å². The summed E-state index contributed by atoms with van der Waals surface area (Å²) in [6, 6.07) is 0. The van der Waals surface area contributed by atoms with Crippen molar-refractivity contribution >= 4 is 5.91 Å². The van der Waals surface area contributed by atoms with Crippen LogP contribution in [0.15, 0.2) is 0 Å². The number of hydrogen-bond donors (Lipinski definition) is 3. The fourth-order valence-electron chi connectivity index (χ4n) is 0.256. The lowest BCUT2D eigenvalue weighted by Crippen LogP contribution is -2.20. The molecule has 0 aliphatic carbocycles. The van der Waals surface area contributed by atoms with Crippen LogP contribution in [0.2, 0.25) is 0 Å². The molecule has 1 amide bonds. The Morgan fingerprint density at radius 2 is 2.00 bits per heavy atom. The Kier molecular flexibility index (Phi) is 13.0. The van der Waals surface area contributed by atoms with Gasteiger partial charge in [0.1, 0.15) is 0 Å². The molecule has 4 nitrogen and oxygen atoms in total. The second kappa shape index (κ2) is 10.4. The quantitative estimate of drug-likeness (QED) is 0.436. The zero-order valence-electron chi connectivity index (χ0n) is 5.98. The lowest BCUT2D eigenvalue weighted by molar-refractivity contribution is -0.120. The predicted octanol–water partition coefficient (Wildman–Crippen LogP) is -1.34. The van der Waals surface area contributed by atoms with Crippen LogP contribution in [0.1, 0.15) is 6.42 Å². The average Bonchev–Trinajstić information content (AvgIpc) is 1.93. The second-order valence-corrected chi connectivity index (χ2v) is 1.21. The van der Waals surface area contributed by atoms with Crippen molar-refractivity contribution in [2.24, 2.45) is 11.5 Å². The first-order valence-electron chi connectivity index (χ1n) is 2.79. The van der Waals surface area contributed by atoms with Crippen LogP contribution in [0.5, 0.6) is 0 Å². The fourth-order valence-corrected chi connectivity index (χ4v) is 0.256. The maximum atomic E-state index is 10.2. The molecule has 0 radical (unpaired) electrons. The van der Waals surface area contributed by atoms with Gasteiger partial charge in [-0.25, -0.2) is 0 Å². The maximum Gasteiger partial charge on any atom is 0.221 e. The molecule has 0 saturated carbocycles. The first-order chi connectivity index (χ1) is 4.31. The van der Waals surface area contributed by atoms with E-state index in [0.717, 1.165) is 0 Å². The highest BCUT2D eigenvalue weighted by atomic mass is 16.1. The smallest absolute Gasteiger partial charge is 0.221 e. The summed E-state index contributed by atoms with van der Waals surface area (Å²) in [5.41, 5.74) is 9.54. The minimum absolute atomic E-state index is 0.00231. The van der Waals surface area contributed by atoms with Crippen LogP contribution in [-0.4, -0.2) is 26.5 Å². The summed E-state index contributed by atoms with van der Waals surface area (Å²) in [7, 11) is 3.10. The van der Waals surface area contributed by atoms with Crippen LogP contribution in [0.25, 0.3) is 0 Å². The third-order valence-corrected chi connectivity index (χ3v) is 0.650. The minimum atomic E-state index is 0.00231. The van der Waals surface area contributed by atoms with Crippen LogP contribution in [0.4, 0.5) is 0 Å². The predicted molar refractivity (Wildman–Crippen MR) is 37.8 cm³/mol. The van der Waals surface area contributed by atoms with Gasteiger partial charge in [-0.3, -0.25) is 4.79 Å². The Balaban J connectivity index is 0. The Bertz CT molecular complexity index is 65.2. The van der Waals surface area contributed by atoms with Crippen LogP contribution in [0.3, 0.4) is 0 Å². The molecule has 9 heavy (non-hydrogen) atoms. The average molecular weight is 133 g/mol. The second-order valence-electron chi connectivity index (χ2n) is 1.21. The topological polar surface area (TPSA) is 81.1 Å². The van der Waals surface area contributed by atoms with Crippen molar-refractivity contribution in [1.82, 2.24) is 5.32 Å². The number of carbonyl (C=O) groups is 1. The molecule has 0 aromatic heterocycles. The highest BCUT2D eigenvalue weighted by Gasteiger charge is 1.90. The molecule has 0 aliphatic heterocycles. The summed E-state index contributed by atoms with van der Waals surface area (Å²) in [5, 5.41) is 2.45. The minimum Gasteiger partial charge on any atom is -0.359 e. The molecule has 0 atom stereocenters. The van der Waals surface area contributed by atoms with Gasteiger partial charge in [-0.15, -0.1) is 0 Å². The molecule has 0 fully saturated rings. The molecule has 0 aromatic rings. The summed E-state index contributed by atoms with van der Waals surface area (Å²) >= 11 is 0. The van der Waals surface area contributed by atoms with Crippen molar-refractivity contribution in [2.45, 2.75) is 6.42 Å². The molecule has 4 heteroatoms. The summed E-state index contributed by atoms with van der Waals surface area (Å²) < 4.78 is 0. The Morgan fingerprint density at radius 3 is 2.11 bits per heavy atom. The van der Waals surface area contributed by atoms with Crippen molar-refractivity contribution < 1.29 is 4.79 Å². The highest BCUT2D eigenvalue weighted by Crippen LogP contribution is 1.68. The third-order valence-electron chi connectivity index (χ3n) is 0.650. The van der Waals surface area contributed by atoms with E-state index in [1.165, 1.54) is 7.05 Å². The number of hydrogen-bond acceptors (Lipinski definition) is 3. The molecule has 0 saturated heterocycles. The van der Waals surface area contributed by atoms with Crippen molar-refractivity contribution in [3.05, 3.63) is 0 Å². The van der Waals surface area contributed by atoms with Crippen LogP contribution >= 0.6 is 0 Å². The molecule has 0 rings (SSSR count). The SMILES string of the molecule is CN.CNC(=O)CCN. The van der Waals surface area contributed by atoms with Gasteiger partial charge in [-0.05, 0) is 7.05 Å².